The van der Waals surface area contributed by atoms with Crippen LogP contribution in [0.3, 0.4) is 0 Å². The van der Waals surface area contributed by atoms with E-state index in [1.54, 1.807) is 0 Å². The maximum Gasteiger partial charge on any atom is 0.337 e. The van der Waals surface area contributed by atoms with Crippen LogP contribution in [0.1, 0.15) is 57.2 Å². The standard InChI is InChI=1S/C59H46BN3OS/c1-35-31-45-46(59(4,5)30-29-58(45,2)3)34-48(35)62-47-28-27-41-39-21-13-15-26-51(39)65-56(41)54(47)60-53-44(32-38(33-49(53)62)61(36-17-8-6-9-18-36)37-19-10-7-11-20-37)40-23-16-24-43-52-42-22-12-14-25-50(42)64-57(52)63(60)55(40)43/h6-28,31-34H,29-30H2,1-5H3. The number of aryl methyl sites for hydroxylation is 1. The first kappa shape index (κ1) is 37.4. The summed E-state index contributed by atoms with van der Waals surface area (Å²) in [6, 6.07) is 61.1. The molecule has 14 rings (SSSR count). The topological polar surface area (TPSA) is 24.6 Å². The van der Waals surface area contributed by atoms with Crippen LogP contribution in [-0.2, 0) is 10.8 Å². The third-order valence-corrected chi connectivity index (χ3v) is 16.5. The van der Waals surface area contributed by atoms with Crippen LogP contribution >= 0.6 is 11.3 Å². The molecule has 312 valence electrons. The highest BCUT2D eigenvalue weighted by atomic mass is 32.1. The summed E-state index contributed by atoms with van der Waals surface area (Å²) in [6.45, 7) is 12.0. The van der Waals surface area contributed by atoms with Crippen molar-refractivity contribution in [2.24, 2.45) is 0 Å². The molecular weight excluding hydrogens is 810 g/mol. The molecule has 0 bridgehead atoms. The van der Waals surface area contributed by atoms with E-state index in [9.17, 15) is 0 Å². The Bertz CT molecular complexity index is 3780. The predicted molar refractivity (Wildman–Crippen MR) is 277 cm³/mol. The van der Waals surface area contributed by atoms with E-state index in [0.717, 1.165) is 40.2 Å². The quantitative estimate of drug-likeness (QED) is 0.165. The molecule has 0 amide bonds. The van der Waals surface area contributed by atoms with Crippen molar-refractivity contribution in [3.63, 3.8) is 0 Å². The highest BCUT2D eigenvalue weighted by Crippen LogP contribution is 2.54. The van der Waals surface area contributed by atoms with Gasteiger partial charge in [0.05, 0.1) is 5.39 Å². The lowest BCUT2D eigenvalue weighted by Gasteiger charge is -2.45. The van der Waals surface area contributed by atoms with E-state index in [2.05, 4.69) is 213 Å². The molecule has 4 nitrogen and oxygen atoms in total. The van der Waals surface area contributed by atoms with Crippen LogP contribution < -0.4 is 20.7 Å². The summed E-state index contributed by atoms with van der Waals surface area (Å²) in [4.78, 5) is 5.09. The van der Waals surface area contributed by atoms with Gasteiger partial charge in [0.1, 0.15) is 5.58 Å². The fourth-order valence-corrected chi connectivity index (χ4v) is 13.4. The van der Waals surface area contributed by atoms with Crippen LogP contribution in [0.25, 0.3) is 64.3 Å². The van der Waals surface area contributed by atoms with Gasteiger partial charge in [0.15, 0.2) is 5.71 Å². The van der Waals surface area contributed by atoms with E-state index in [-0.39, 0.29) is 17.7 Å². The number of hydrogen-bond donors (Lipinski definition) is 0. The summed E-state index contributed by atoms with van der Waals surface area (Å²) in [5, 5.41) is 6.18. The molecule has 0 atom stereocenters. The minimum atomic E-state index is -0.164. The van der Waals surface area contributed by atoms with Crippen molar-refractivity contribution in [3.8, 4) is 11.1 Å². The minimum Gasteiger partial charge on any atom is -0.441 e. The van der Waals surface area contributed by atoms with Gasteiger partial charge < -0.3 is 18.7 Å². The van der Waals surface area contributed by atoms with Gasteiger partial charge in [-0.15, -0.1) is 11.3 Å². The second-order valence-corrected chi connectivity index (χ2v) is 21.0. The predicted octanol–water partition coefficient (Wildman–Crippen LogP) is 15.5. The molecule has 0 saturated heterocycles. The van der Waals surface area contributed by atoms with E-state index in [1.165, 1.54) is 98.7 Å². The molecular formula is C59H46BN3OS. The third-order valence-electron chi connectivity index (χ3n) is 15.3. The van der Waals surface area contributed by atoms with Gasteiger partial charge in [0.25, 0.3) is 0 Å². The fraction of sp³-hybridized carbons (Fsp3) is 0.153. The van der Waals surface area contributed by atoms with Crippen molar-refractivity contribution >= 4 is 116 Å². The lowest BCUT2D eigenvalue weighted by Crippen LogP contribution is -2.57. The van der Waals surface area contributed by atoms with E-state index >= 15 is 0 Å². The Morgan fingerprint density at radius 1 is 0.554 bits per heavy atom. The molecule has 11 aromatic rings. The minimum absolute atomic E-state index is 0.0329. The molecule has 2 aliphatic heterocycles. The summed E-state index contributed by atoms with van der Waals surface area (Å²) in [5.41, 5.74) is 19.6. The zero-order chi connectivity index (χ0) is 43.5. The molecule has 0 fully saturated rings. The van der Waals surface area contributed by atoms with E-state index < -0.39 is 0 Å². The molecule has 0 spiro atoms. The van der Waals surface area contributed by atoms with E-state index in [4.69, 9.17) is 4.42 Å². The molecule has 0 saturated carbocycles. The van der Waals surface area contributed by atoms with E-state index in [1.807, 2.05) is 11.3 Å². The first-order valence-electron chi connectivity index (χ1n) is 23.1. The van der Waals surface area contributed by atoms with Crippen molar-refractivity contribution in [2.75, 3.05) is 9.80 Å². The van der Waals surface area contributed by atoms with Gasteiger partial charge in [-0.3, -0.25) is 0 Å². The van der Waals surface area contributed by atoms with Crippen molar-refractivity contribution in [1.82, 2.24) is 4.48 Å². The smallest absolute Gasteiger partial charge is 0.337 e. The molecule has 0 unspecified atom stereocenters. The Morgan fingerprint density at radius 2 is 1.22 bits per heavy atom. The second kappa shape index (κ2) is 13.1. The van der Waals surface area contributed by atoms with Gasteiger partial charge in [-0.25, -0.2) is 0 Å². The van der Waals surface area contributed by atoms with Crippen molar-refractivity contribution in [2.45, 2.75) is 58.3 Å². The van der Waals surface area contributed by atoms with Gasteiger partial charge in [-0.05, 0) is 124 Å². The number of benzene rings is 8. The number of para-hydroxylation sites is 4. The van der Waals surface area contributed by atoms with Crippen molar-refractivity contribution in [1.29, 1.82) is 0 Å². The molecule has 0 radical (unpaired) electrons. The average molecular weight is 856 g/mol. The molecule has 0 N–H and O–H groups in total. The largest absolute Gasteiger partial charge is 0.441 e. The summed E-state index contributed by atoms with van der Waals surface area (Å²) in [7, 11) is 0. The highest BCUT2D eigenvalue weighted by molar-refractivity contribution is 7.27. The summed E-state index contributed by atoms with van der Waals surface area (Å²) >= 11 is 1.93. The zero-order valence-electron chi connectivity index (χ0n) is 37.2. The first-order chi connectivity index (χ1) is 31.7. The molecule has 6 heteroatoms. The normalized spacial score (nSPS) is 15.5. The van der Waals surface area contributed by atoms with Crippen LogP contribution in [0.2, 0.25) is 0 Å². The number of fused-ring (bicyclic) bond motifs is 14. The molecule has 1 aliphatic carbocycles. The Labute approximate surface area is 383 Å². The van der Waals surface area contributed by atoms with Crippen molar-refractivity contribution in [3.05, 3.63) is 180 Å². The van der Waals surface area contributed by atoms with Crippen LogP contribution in [-0.4, -0.2) is 11.3 Å². The Kier molecular flexibility index (Phi) is 7.50. The van der Waals surface area contributed by atoms with Gasteiger partial charge in [-0.2, -0.15) is 0 Å². The van der Waals surface area contributed by atoms with Crippen LogP contribution in [0.15, 0.2) is 168 Å². The Morgan fingerprint density at radius 3 is 1.97 bits per heavy atom. The fourth-order valence-electron chi connectivity index (χ4n) is 12.1. The number of nitrogens with zero attached hydrogens (tertiary/aromatic N) is 3. The zero-order valence-corrected chi connectivity index (χ0v) is 38.1. The number of furan rings is 1. The molecule has 65 heavy (non-hydrogen) atoms. The third kappa shape index (κ3) is 5.03. The maximum absolute atomic E-state index is 7.10. The number of aromatic nitrogens is 1. The van der Waals surface area contributed by atoms with Crippen LogP contribution in [0.5, 0.6) is 0 Å². The second-order valence-electron chi connectivity index (χ2n) is 19.9. The molecule has 3 aliphatic rings. The molecule has 8 aromatic carbocycles. The molecule has 5 heterocycles. The van der Waals surface area contributed by atoms with Gasteiger partial charge in [0, 0.05) is 76.1 Å². The lowest BCUT2D eigenvalue weighted by molar-refractivity contribution is 0.332. The maximum atomic E-state index is 7.10. The van der Waals surface area contributed by atoms with Gasteiger partial charge >= 0.3 is 6.85 Å². The van der Waals surface area contributed by atoms with Crippen LogP contribution in [0.4, 0.5) is 34.1 Å². The number of rotatable bonds is 4. The summed E-state index contributed by atoms with van der Waals surface area (Å²) < 4.78 is 12.3. The molecule has 3 aromatic heterocycles. The first-order valence-corrected chi connectivity index (χ1v) is 23.9. The van der Waals surface area contributed by atoms with Crippen molar-refractivity contribution < 1.29 is 4.42 Å². The van der Waals surface area contributed by atoms with Gasteiger partial charge in [0.2, 0.25) is 0 Å². The Balaban J connectivity index is 1.18. The number of thiophene rings is 1. The average Bonchev–Trinajstić information content (AvgIpc) is 4.00. The monoisotopic (exact) mass is 855 g/mol. The van der Waals surface area contributed by atoms with E-state index in [0.29, 0.717) is 0 Å². The number of anilines is 6. The summed E-state index contributed by atoms with van der Waals surface area (Å²) in [6.07, 6.45) is 2.33. The highest BCUT2D eigenvalue weighted by Gasteiger charge is 2.47. The van der Waals surface area contributed by atoms with Crippen LogP contribution in [0, 0.1) is 6.92 Å². The lowest BCUT2D eigenvalue weighted by atomic mass is 9.45. The summed E-state index contributed by atoms with van der Waals surface area (Å²) in [5.74, 6) is 0. The Hall–Kier alpha value is -7.02. The number of hydrogen-bond acceptors (Lipinski definition) is 4. The van der Waals surface area contributed by atoms with Gasteiger partial charge in [-0.1, -0.05) is 131 Å². The SMILES string of the molecule is Cc1cc2c(cc1N1c3cc(N(c4ccccc4)c4ccccc4)cc4c3B(c3c1ccc1c3sc3ccccc31)n1c3oc5ccccc5c3c3cccc-4c31)C(C)(C)CCC2(C)C.